The van der Waals surface area contributed by atoms with Gasteiger partial charge in [0, 0.05) is 58.8 Å². The summed E-state index contributed by atoms with van der Waals surface area (Å²) >= 11 is 0. The number of carbonyl (C=O) groups excluding carboxylic acids is 4. The van der Waals surface area contributed by atoms with E-state index in [1.807, 2.05) is 74.5 Å². The smallest absolute Gasteiger partial charge is 0.328 e. The van der Waals surface area contributed by atoms with Crippen LogP contribution in [-0.4, -0.2) is 65.7 Å². The highest BCUT2D eigenvalue weighted by molar-refractivity contribution is 5.89. The molecular weight excluding hydrogens is 692 g/mol. The molecule has 0 saturated heterocycles. The number of esters is 1. The maximum atomic E-state index is 14.2. The molecule has 0 aromatic heterocycles. The zero-order chi connectivity index (χ0) is 39.6. The minimum absolute atomic E-state index is 0.00947. The number of nitro groups is 2. The molecule has 0 heterocycles. The number of methoxy groups -OCH3 is 1. The molecule has 0 unspecified atom stereocenters. The van der Waals surface area contributed by atoms with Crippen LogP contribution in [-0.2, 0) is 36.8 Å². The van der Waals surface area contributed by atoms with Gasteiger partial charge in [-0.1, -0.05) is 93.8 Å². The third kappa shape index (κ3) is 13.3. The molecule has 13 heteroatoms. The third-order valence-electron chi connectivity index (χ3n) is 11.1. The van der Waals surface area contributed by atoms with Crippen LogP contribution in [0.5, 0.6) is 0 Å². The minimum Gasteiger partial charge on any atom is -0.467 e. The zero-order valence-corrected chi connectivity index (χ0v) is 32.2. The molecule has 8 atom stereocenters. The van der Waals surface area contributed by atoms with Gasteiger partial charge in [-0.25, -0.2) is 4.79 Å². The van der Waals surface area contributed by atoms with Crippen LogP contribution in [0, 0.1) is 49.8 Å². The molecule has 296 valence electrons. The summed E-state index contributed by atoms with van der Waals surface area (Å²) in [5.41, 5.74) is 1.84. The van der Waals surface area contributed by atoms with Crippen molar-refractivity contribution < 1.29 is 33.8 Å². The van der Waals surface area contributed by atoms with Gasteiger partial charge in [0.2, 0.25) is 17.9 Å². The van der Waals surface area contributed by atoms with Crippen molar-refractivity contribution in [2.45, 2.75) is 115 Å². The van der Waals surface area contributed by atoms with Gasteiger partial charge in [0.1, 0.15) is 11.8 Å². The molecule has 2 aromatic carbocycles. The van der Waals surface area contributed by atoms with Gasteiger partial charge in [-0.2, -0.15) is 0 Å². The first-order valence-electron chi connectivity index (χ1n) is 19.4. The lowest BCUT2D eigenvalue weighted by atomic mass is 9.72. The van der Waals surface area contributed by atoms with E-state index in [0.717, 1.165) is 50.3 Å². The van der Waals surface area contributed by atoms with Gasteiger partial charge in [0.25, 0.3) is 0 Å². The first kappa shape index (κ1) is 43.7. The number of rotatable bonds is 17. The maximum absolute atomic E-state index is 14.2. The molecule has 0 bridgehead atoms. The van der Waals surface area contributed by atoms with Crippen molar-refractivity contribution in [2.24, 2.45) is 29.6 Å². The van der Waals surface area contributed by atoms with Crippen LogP contribution in [0.4, 0.5) is 0 Å². The Morgan fingerprint density at radius 2 is 1.28 bits per heavy atom. The van der Waals surface area contributed by atoms with E-state index < -0.39 is 40.7 Å². The number of ether oxygens (including phenoxy) is 1. The Morgan fingerprint density at radius 3 is 1.81 bits per heavy atom. The van der Waals surface area contributed by atoms with Crippen LogP contribution in [0.1, 0.15) is 95.6 Å². The molecule has 0 radical (unpaired) electrons. The van der Waals surface area contributed by atoms with E-state index in [-0.39, 0.29) is 46.8 Å². The second kappa shape index (κ2) is 22.5. The summed E-state index contributed by atoms with van der Waals surface area (Å²) in [6.45, 7) is 3.86. The molecule has 0 spiro atoms. The number of hydrogen-bond acceptors (Lipinski definition) is 9. The molecule has 2 saturated carbocycles. The average Bonchev–Trinajstić information content (AvgIpc) is 3.16. The van der Waals surface area contributed by atoms with Gasteiger partial charge < -0.3 is 15.4 Å². The van der Waals surface area contributed by atoms with Crippen LogP contribution in [0.15, 0.2) is 60.7 Å². The summed E-state index contributed by atoms with van der Waals surface area (Å²) in [5, 5.41) is 27.0. The molecule has 2 aliphatic carbocycles. The molecule has 54 heavy (non-hydrogen) atoms. The predicted molar refractivity (Wildman–Crippen MR) is 204 cm³/mol. The molecule has 2 fully saturated rings. The summed E-state index contributed by atoms with van der Waals surface area (Å²) in [7, 11) is 2.20. The quantitative estimate of drug-likeness (QED) is 0.108. The number of nitrogens with zero attached hydrogens (tertiary/aromatic N) is 2. The Kier molecular flexibility index (Phi) is 18.2. The van der Waals surface area contributed by atoms with Crippen LogP contribution in [0.3, 0.4) is 0 Å². The van der Waals surface area contributed by atoms with Gasteiger partial charge in [0.05, 0.1) is 7.11 Å². The lowest BCUT2D eigenvalue weighted by molar-refractivity contribution is -0.537. The summed E-state index contributed by atoms with van der Waals surface area (Å²) in [5.74, 6) is -3.08. The van der Waals surface area contributed by atoms with Crippen LogP contribution >= 0.6 is 0 Å². The summed E-state index contributed by atoms with van der Waals surface area (Å²) < 4.78 is 5.03. The molecule has 13 nitrogen and oxygen atoms in total. The fraction of sp³-hybridized carbons (Fsp3) is 0.610. The molecule has 0 aliphatic heterocycles. The maximum Gasteiger partial charge on any atom is 0.328 e. The molecule has 2 N–H and O–H groups in total. The summed E-state index contributed by atoms with van der Waals surface area (Å²) in [6.07, 6.45) is 7.81. The lowest BCUT2D eigenvalue weighted by Gasteiger charge is -2.38. The van der Waals surface area contributed by atoms with Crippen molar-refractivity contribution in [3.05, 3.63) is 92.0 Å². The highest BCUT2D eigenvalue weighted by Gasteiger charge is 2.43. The first-order chi connectivity index (χ1) is 25.9. The Bertz CT molecular complexity index is 1520. The van der Waals surface area contributed by atoms with E-state index in [0.29, 0.717) is 44.9 Å². The highest BCUT2D eigenvalue weighted by Crippen LogP contribution is 2.36. The van der Waals surface area contributed by atoms with E-state index in [4.69, 9.17) is 14.9 Å². The minimum atomic E-state index is -0.840. The number of nitrogens with one attached hydrogen (secondary N) is 2. The van der Waals surface area contributed by atoms with Crippen molar-refractivity contribution >= 4 is 23.6 Å². The second-order valence-corrected chi connectivity index (χ2v) is 14.7. The SMILES string of the molecule is CC[C@@H](C(=O)C[C@H](Cc1ccccc1)C(=O)N[C@@H]1CCCC[C@@H]1[C@@H](CC)C(=O)N[C@H](Cc1ccccc1)C(=O)OC)[C@H]1CCCC[C@H]1[N+](=O)[O-].C[N+](=O)[O-]. The Balaban J connectivity index is 0.00000186. The fourth-order valence-corrected chi connectivity index (χ4v) is 8.46. The van der Waals surface area contributed by atoms with Crippen molar-refractivity contribution in [3.63, 3.8) is 0 Å². The number of ketones is 1. The Hall–Kier alpha value is -4.68. The third-order valence-corrected chi connectivity index (χ3v) is 11.1. The van der Waals surface area contributed by atoms with E-state index >= 15 is 0 Å². The standard InChI is InChI=1S/C40H55N3O7.CH3NO2/c1-4-30(33-21-13-15-23-36(33)43(48)49)37(44)26-29(24-27-16-8-6-9-17-27)38(45)41-34-22-14-12-20-32(34)31(5-2)39(46)42-35(40(47)50-3)25-28-18-10-7-11-19-28;1-2(3)4/h6-11,16-19,29-36H,4-5,12-15,20-26H2,1-3H3,(H,41,45)(H,42,46);1H3/t29-,30+,31+,32+,33+,34+,35+,36+;/m0./s1. The van der Waals surface area contributed by atoms with Gasteiger partial charge in [-0.05, 0) is 62.0 Å². The molecule has 4 rings (SSSR count). The molecule has 2 amide bonds. The summed E-state index contributed by atoms with van der Waals surface area (Å²) in [6, 6.07) is 17.2. The van der Waals surface area contributed by atoms with Crippen molar-refractivity contribution in [1.29, 1.82) is 0 Å². The van der Waals surface area contributed by atoms with Crippen molar-refractivity contribution in [2.75, 3.05) is 14.2 Å². The number of hydrogen-bond donors (Lipinski definition) is 2. The van der Waals surface area contributed by atoms with E-state index in [9.17, 15) is 29.3 Å². The van der Waals surface area contributed by atoms with Gasteiger partial charge in [-0.15, -0.1) is 0 Å². The zero-order valence-electron chi connectivity index (χ0n) is 32.2. The molecule has 2 aliphatic rings. The number of Topliss-reactive ketones (excluding diaryl/α,β-unsaturated/α-hetero) is 1. The second-order valence-electron chi connectivity index (χ2n) is 14.7. The topological polar surface area (TPSA) is 188 Å². The lowest BCUT2D eigenvalue weighted by Crippen LogP contribution is -2.52. The van der Waals surface area contributed by atoms with Gasteiger partial charge in [-0.3, -0.25) is 34.6 Å². The number of carbonyl (C=O) groups is 4. The monoisotopic (exact) mass is 750 g/mol. The van der Waals surface area contributed by atoms with Crippen molar-refractivity contribution in [3.8, 4) is 0 Å². The molecular formula is C41H58N4O9. The Labute approximate surface area is 318 Å². The van der Waals surface area contributed by atoms with E-state index in [1.165, 1.54) is 7.11 Å². The van der Waals surface area contributed by atoms with E-state index in [2.05, 4.69) is 10.6 Å². The fourth-order valence-electron chi connectivity index (χ4n) is 8.46. The number of benzene rings is 2. The normalized spacial score (nSPS) is 21.8. The summed E-state index contributed by atoms with van der Waals surface area (Å²) in [4.78, 5) is 74.8. The highest BCUT2D eigenvalue weighted by atomic mass is 16.6. The van der Waals surface area contributed by atoms with E-state index in [1.54, 1.807) is 0 Å². The largest absolute Gasteiger partial charge is 0.467 e. The van der Waals surface area contributed by atoms with Gasteiger partial charge in [0.15, 0.2) is 7.05 Å². The predicted octanol–water partition coefficient (Wildman–Crippen LogP) is 6.16. The van der Waals surface area contributed by atoms with Crippen LogP contribution in [0.2, 0.25) is 0 Å². The van der Waals surface area contributed by atoms with Gasteiger partial charge >= 0.3 is 5.97 Å². The number of amides is 2. The van der Waals surface area contributed by atoms with Crippen LogP contribution in [0.25, 0.3) is 0 Å². The average molecular weight is 751 g/mol. The Morgan fingerprint density at radius 1 is 0.759 bits per heavy atom. The van der Waals surface area contributed by atoms with Crippen molar-refractivity contribution in [1.82, 2.24) is 10.6 Å². The van der Waals surface area contributed by atoms with Crippen LogP contribution < -0.4 is 10.6 Å². The first-order valence-corrected chi connectivity index (χ1v) is 19.4. The molecule has 2 aromatic rings.